The SMILES string of the molecule is Cc1nc2ccc(NC(=O)NC[C@@H](c3cccs3)N(C)C)cc2nc1C. The van der Waals surface area contributed by atoms with E-state index in [0.717, 1.165) is 22.4 Å². The molecule has 6 nitrogen and oxygen atoms in total. The van der Waals surface area contributed by atoms with Crippen LogP contribution in [0.1, 0.15) is 22.3 Å². The van der Waals surface area contributed by atoms with Crippen molar-refractivity contribution in [2.75, 3.05) is 26.0 Å². The van der Waals surface area contributed by atoms with Gasteiger partial charge in [0.05, 0.1) is 28.5 Å². The van der Waals surface area contributed by atoms with Crippen molar-refractivity contribution in [2.45, 2.75) is 19.9 Å². The number of likely N-dealkylation sites (N-methyl/N-ethyl adjacent to an activating group) is 1. The first-order chi connectivity index (χ1) is 12.4. The molecule has 2 heterocycles. The summed E-state index contributed by atoms with van der Waals surface area (Å²) in [5.74, 6) is 0. The Hall–Kier alpha value is -2.51. The van der Waals surface area contributed by atoms with Gasteiger partial charge in [0.2, 0.25) is 0 Å². The smallest absolute Gasteiger partial charge is 0.319 e. The van der Waals surface area contributed by atoms with E-state index in [1.54, 1.807) is 11.3 Å². The third-order valence-electron chi connectivity index (χ3n) is 4.28. The Morgan fingerprint density at radius 2 is 1.88 bits per heavy atom. The fourth-order valence-corrected chi connectivity index (χ4v) is 3.61. The second kappa shape index (κ2) is 7.80. The van der Waals surface area contributed by atoms with Gasteiger partial charge >= 0.3 is 6.03 Å². The largest absolute Gasteiger partial charge is 0.336 e. The second-order valence-corrected chi connectivity index (χ2v) is 7.41. The van der Waals surface area contributed by atoms with Crippen molar-refractivity contribution < 1.29 is 4.79 Å². The number of nitrogens with one attached hydrogen (secondary N) is 2. The molecular weight excluding hydrogens is 346 g/mol. The normalized spacial score (nSPS) is 12.3. The van der Waals surface area contributed by atoms with Crippen LogP contribution in [0.15, 0.2) is 35.7 Å². The van der Waals surface area contributed by atoms with Crippen LogP contribution in [0.25, 0.3) is 11.0 Å². The van der Waals surface area contributed by atoms with Crippen LogP contribution in [-0.2, 0) is 0 Å². The second-order valence-electron chi connectivity index (χ2n) is 6.43. The average molecular weight is 369 g/mol. The number of benzene rings is 1. The summed E-state index contributed by atoms with van der Waals surface area (Å²) < 4.78 is 0. The van der Waals surface area contributed by atoms with Crippen molar-refractivity contribution in [1.29, 1.82) is 0 Å². The number of rotatable bonds is 5. The molecule has 0 saturated carbocycles. The lowest BCUT2D eigenvalue weighted by molar-refractivity contribution is 0.244. The molecule has 0 radical (unpaired) electrons. The summed E-state index contributed by atoms with van der Waals surface area (Å²) in [7, 11) is 4.02. The molecule has 0 unspecified atom stereocenters. The molecule has 0 aliphatic carbocycles. The number of hydrogen-bond donors (Lipinski definition) is 2. The van der Waals surface area contributed by atoms with Gasteiger partial charge in [0.25, 0.3) is 0 Å². The highest BCUT2D eigenvalue weighted by molar-refractivity contribution is 7.10. The maximum Gasteiger partial charge on any atom is 0.319 e. The van der Waals surface area contributed by atoms with Crippen molar-refractivity contribution in [2.24, 2.45) is 0 Å². The van der Waals surface area contributed by atoms with Crippen LogP contribution in [-0.4, -0.2) is 41.5 Å². The molecule has 1 atom stereocenters. The Labute approximate surface area is 157 Å². The van der Waals surface area contributed by atoms with E-state index in [1.165, 1.54) is 4.88 Å². The van der Waals surface area contributed by atoms with Gasteiger partial charge in [0.1, 0.15) is 0 Å². The number of carbonyl (C=O) groups is 1. The van der Waals surface area contributed by atoms with Gasteiger partial charge in [0, 0.05) is 17.1 Å². The fraction of sp³-hybridized carbons (Fsp3) is 0.316. The monoisotopic (exact) mass is 369 g/mol. The van der Waals surface area contributed by atoms with E-state index in [4.69, 9.17) is 0 Å². The number of thiophene rings is 1. The third kappa shape index (κ3) is 4.17. The molecule has 3 aromatic rings. The van der Waals surface area contributed by atoms with Gasteiger partial charge < -0.3 is 15.5 Å². The minimum atomic E-state index is -0.232. The van der Waals surface area contributed by atoms with Crippen LogP contribution in [0.5, 0.6) is 0 Å². The van der Waals surface area contributed by atoms with Crippen molar-refractivity contribution in [3.05, 3.63) is 52.0 Å². The molecule has 0 fully saturated rings. The quantitative estimate of drug-likeness (QED) is 0.719. The standard InChI is InChI=1S/C19H23N5OS/c1-12-13(2)22-16-10-14(7-8-15(16)21-12)23-19(25)20-11-17(24(3)4)18-6-5-9-26-18/h5-10,17H,11H2,1-4H3,(H2,20,23,25)/t17-/m0/s1. The van der Waals surface area contributed by atoms with E-state index in [1.807, 2.05) is 57.6 Å². The Balaban J connectivity index is 1.66. The zero-order valence-corrected chi connectivity index (χ0v) is 16.2. The number of carbonyl (C=O) groups excluding carboxylic acids is 1. The highest BCUT2D eigenvalue weighted by atomic mass is 32.1. The summed E-state index contributed by atoms with van der Waals surface area (Å²) in [6.07, 6.45) is 0. The maximum atomic E-state index is 12.3. The van der Waals surface area contributed by atoms with E-state index in [-0.39, 0.29) is 12.1 Å². The van der Waals surface area contributed by atoms with E-state index < -0.39 is 0 Å². The van der Waals surface area contributed by atoms with Gasteiger partial charge in [-0.15, -0.1) is 11.3 Å². The topological polar surface area (TPSA) is 70.2 Å². The first kappa shape index (κ1) is 18.3. The summed E-state index contributed by atoms with van der Waals surface area (Å²) in [5, 5.41) is 7.87. The number of anilines is 1. The van der Waals surface area contributed by atoms with Crippen LogP contribution < -0.4 is 10.6 Å². The van der Waals surface area contributed by atoms with Crippen molar-refractivity contribution in [3.8, 4) is 0 Å². The lowest BCUT2D eigenvalue weighted by Gasteiger charge is -2.23. The van der Waals surface area contributed by atoms with Gasteiger partial charge in [-0.3, -0.25) is 0 Å². The van der Waals surface area contributed by atoms with Crippen LogP contribution in [0.3, 0.4) is 0 Å². The Morgan fingerprint density at radius 3 is 2.54 bits per heavy atom. The molecule has 0 saturated heterocycles. The number of urea groups is 1. The van der Waals surface area contributed by atoms with E-state index in [9.17, 15) is 4.79 Å². The lowest BCUT2D eigenvalue weighted by Crippen LogP contribution is -2.36. The van der Waals surface area contributed by atoms with E-state index >= 15 is 0 Å². The van der Waals surface area contributed by atoms with Gasteiger partial charge in [-0.1, -0.05) is 6.07 Å². The lowest BCUT2D eigenvalue weighted by atomic mass is 10.2. The molecule has 2 N–H and O–H groups in total. The van der Waals surface area contributed by atoms with Crippen LogP contribution >= 0.6 is 11.3 Å². The number of amides is 2. The third-order valence-corrected chi connectivity index (χ3v) is 5.26. The van der Waals surface area contributed by atoms with Gasteiger partial charge in [-0.25, -0.2) is 14.8 Å². The van der Waals surface area contributed by atoms with Gasteiger partial charge in [-0.2, -0.15) is 0 Å². The minimum absolute atomic E-state index is 0.147. The number of hydrogen-bond acceptors (Lipinski definition) is 5. The summed E-state index contributed by atoms with van der Waals surface area (Å²) in [4.78, 5) is 24.7. The Morgan fingerprint density at radius 1 is 1.15 bits per heavy atom. The zero-order chi connectivity index (χ0) is 18.7. The van der Waals surface area contributed by atoms with Crippen molar-refractivity contribution in [1.82, 2.24) is 20.2 Å². The molecule has 0 aliphatic heterocycles. The van der Waals surface area contributed by atoms with Crippen LogP contribution in [0.2, 0.25) is 0 Å². The zero-order valence-electron chi connectivity index (χ0n) is 15.4. The molecule has 0 bridgehead atoms. The molecule has 0 spiro atoms. The summed E-state index contributed by atoms with van der Waals surface area (Å²) in [6, 6.07) is 9.58. The van der Waals surface area contributed by atoms with Crippen molar-refractivity contribution >= 4 is 34.1 Å². The maximum absolute atomic E-state index is 12.3. The van der Waals surface area contributed by atoms with Crippen molar-refractivity contribution in [3.63, 3.8) is 0 Å². The van der Waals surface area contributed by atoms with E-state index in [0.29, 0.717) is 12.2 Å². The number of aryl methyl sites for hydroxylation is 2. The number of fused-ring (bicyclic) bond motifs is 1. The van der Waals surface area contributed by atoms with Crippen LogP contribution in [0, 0.1) is 13.8 Å². The van der Waals surface area contributed by atoms with Gasteiger partial charge in [-0.05, 0) is 57.6 Å². The average Bonchev–Trinajstić information content (AvgIpc) is 3.10. The molecular formula is C19H23N5OS. The molecule has 3 rings (SSSR count). The predicted octanol–water partition coefficient (Wildman–Crippen LogP) is 3.73. The predicted molar refractivity (Wildman–Crippen MR) is 107 cm³/mol. The van der Waals surface area contributed by atoms with Gasteiger partial charge in [0.15, 0.2) is 0 Å². The minimum Gasteiger partial charge on any atom is -0.336 e. The molecule has 1 aromatic carbocycles. The summed E-state index contributed by atoms with van der Waals surface area (Å²) in [5.41, 5.74) is 4.10. The molecule has 136 valence electrons. The number of nitrogens with zero attached hydrogens (tertiary/aromatic N) is 3. The molecule has 2 aromatic heterocycles. The van der Waals surface area contributed by atoms with Crippen LogP contribution in [0.4, 0.5) is 10.5 Å². The fourth-order valence-electron chi connectivity index (χ4n) is 2.69. The summed E-state index contributed by atoms with van der Waals surface area (Å²) in [6.45, 7) is 4.40. The molecule has 7 heteroatoms. The number of aromatic nitrogens is 2. The first-order valence-electron chi connectivity index (χ1n) is 8.43. The Bertz CT molecular complexity index is 908. The first-order valence-corrected chi connectivity index (χ1v) is 9.31. The highest BCUT2D eigenvalue weighted by Crippen LogP contribution is 2.22. The molecule has 0 aliphatic rings. The summed E-state index contributed by atoms with van der Waals surface area (Å²) >= 11 is 1.69. The molecule has 26 heavy (non-hydrogen) atoms. The highest BCUT2D eigenvalue weighted by Gasteiger charge is 2.16. The Kier molecular flexibility index (Phi) is 5.49. The van der Waals surface area contributed by atoms with E-state index in [2.05, 4.69) is 31.6 Å². The molecule has 2 amide bonds.